The molecule has 1 saturated heterocycles. The SMILES string of the molecule is CC1(CNCCCCC(F)(F)F)COCC1N. The zero-order valence-electron chi connectivity index (χ0n) is 10.1. The molecule has 1 rings (SSSR count). The maximum absolute atomic E-state index is 11.9. The summed E-state index contributed by atoms with van der Waals surface area (Å²) in [6.07, 6.45) is -4.02. The van der Waals surface area contributed by atoms with Crippen LogP contribution in [0, 0.1) is 5.41 Å². The Morgan fingerprint density at radius 1 is 1.41 bits per heavy atom. The highest BCUT2D eigenvalue weighted by molar-refractivity contribution is 4.91. The summed E-state index contributed by atoms with van der Waals surface area (Å²) in [5, 5.41) is 3.16. The molecular formula is C11H21F3N2O. The van der Waals surface area contributed by atoms with Crippen molar-refractivity contribution in [3.05, 3.63) is 0 Å². The lowest BCUT2D eigenvalue weighted by atomic mass is 9.86. The van der Waals surface area contributed by atoms with E-state index in [1.54, 1.807) is 0 Å². The maximum atomic E-state index is 11.9. The lowest BCUT2D eigenvalue weighted by Crippen LogP contribution is -2.45. The summed E-state index contributed by atoms with van der Waals surface area (Å²) in [6, 6.07) is 0.00479. The van der Waals surface area contributed by atoms with E-state index < -0.39 is 12.6 Å². The summed E-state index contributed by atoms with van der Waals surface area (Å²) in [6.45, 7) is 4.50. The van der Waals surface area contributed by atoms with Gasteiger partial charge in [0.1, 0.15) is 0 Å². The largest absolute Gasteiger partial charge is 0.389 e. The molecule has 0 aromatic rings. The van der Waals surface area contributed by atoms with Gasteiger partial charge in [0.15, 0.2) is 0 Å². The molecule has 2 unspecified atom stereocenters. The Bertz CT molecular complexity index is 235. The van der Waals surface area contributed by atoms with Crippen LogP contribution in [-0.4, -0.2) is 38.5 Å². The summed E-state index contributed by atoms with van der Waals surface area (Å²) in [5.41, 5.74) is 5.80. The first-order valence-electron chi connectivity index (χ1n) is 5.94. The van der Waals surface area contributed by atoms with Gasteiger partial charge < -0.3 is 15.8 Å². The molecular weight excluding hydrogens is 233 g/mol. The van der Waals surface area contributed by atoms with Crippen molar-refractivity contribution >= 4 is 0 Å². The molecule has 102 valence electrons. The Labute approximate surface area is 99.9 Å². The average Bonchev–Trinajstić information content (AvgIpc) is 2.52. The number of nitrogens with two attached hydrogens (primary N) is 1. The van der Waals surface area contributed by atoms with Gasteiger partial charge in [-0.2, -0.15) is 13.2 Å². The van der Waals surface area contributed by atoms with Gasteiger partial charge in [-0.1, -0.05) is 6.92 Å². The van der Waals surface area contributed by atoms with E-state index in [0.29, 0.717) is 32.7 Å². The first kappa shape index (κ1) is 14.7. The third kappa shape index (κ3) is 5.23. The number of nitrogens with one attached hydrogen (secondary N) is 1. The van der Waals surface area contributed by atoms with Crippen molar-refractivity contribution in [3.8, 4) is 0 Å². The third-order valence-corrected chi connectivity index (χ3v) is 3.22. The molecule has 0 saturated carbocycles. The van der Waals surface area contributed by atoms with Crippen molar-refractivity contribution in [1.29, 1.82) is 0 Å². The number of hydrogen-bond acceptors (Lipinski definition) is 3. The minimum atomic E-state index is -4.03. The van der Waals surface area contributed by atoms with E-state index in [2.05, 4.69) is 5.32 Å². The second-order valence-electron chi connectivity index (χ2n) is 5.02. The molecule has 1 aliphatic heterocycles. The van der Waals surface area contributed by atoms with E-state index in [-0.39, 0.29) is 17.9 Å². The van der Waals surface area contributed by atoms with Gasteiger partial charge in [0, 0.05) is 24.4 Å². The van der Waals surface area contributed by atoms with Crippen LogP contribution in [0.15, 0.2) is 0 Å². The monoisotopic (exact) mass is 254 g/mol. The van der Waals surface area contributed by atoms with E-state index in [0.717, 1.165) is 0 Å². The van der Waals surface area contributed by atoms with Gasteiger partial charge in [0.25, 0.3) is 0 Å². The molecule has 0 amide bonds. The molecule has 2 atom stereocenters. The zero-order valence-corrected chi connectivity index (χ0v) is 10.1. The van der Waals surface area contributed by atoms with Crippen molar-refractivity contribution in [2.24, 2.45) is 11.1 Å². The van der Waals surface area contributed by atoms with Gasteiger partial charge in [-0.3, -0.25) is 0 Å². The molecule has 3 nitrogen and oxygen atoms in total. The molecule has 0 aromatic carbocycles. The van der Waals surface area contributed by atoms with Crippen LogP contribution in [0.25, 0.3) is 0 Å². The first-order valence-corrected chi connectivity index (χ1v) is 5.94. The fraction of sp³-hybridized carbons (Fsp3) is 1.00. The number of alkyl halides is 3. The van der Waals surface area contributed by atoms with Crippen LogP contribution in [0.4, 0.5) is 13.2 Å². The number of halogens is 3. The quantitative estimate of drug-likeness (QED) is 0.709. The highest BCUT2D eigenvalue weighted by Gasteiger charge is 2.37. The summed E-state index contributed by atoms with van der Waals surface area (Å²) >= 11 is 0. The predicted octanol–water partition coefficient (Wildman–Crippen LogP) is 1.67. The zero-order chi connectivity index (χ0) is 12.9. The molecule has 0 aromatic heterocycles. The molecule has 17 heavy (non-hydrogen) atoms. The predicted molar refractivity (Wildman–Crippen MR) is 59.7 cm³/mol. The van der Waals surface area contributed by atoms with Crippen LogP contribution in [0.1, 0.15) is 26.2 Å². The van der Waals surface area contributed by atoms with Crippen LogP contribution >= 0.6 is 0 Å². The second-order valence-corrected chi connectivity index (χ2v) is 5.02. The number of unbranched alkanes of at least 4 members (excludes halogenated alkanes) is 1. The number of rotatable bonds is 6. The van der Waals surface area contributed by atoms with Crippen LogP contribution in [-0.2, 0) is 4.74 Å². The molecule has 1 fully saturated rings. The molecule has 1 aliphatic rings. The highest BCUT2D eigenvalue weighted by atomic mass is 19.4. The minimum Gasteiger partial charge on any atom is -0.379 e. The first-order chi connectivity index (χ1) is 7.83. The topological polar surface area (TPSA) is 47.3 Å². The van der Waals surface area contributed by atoms with Crippen LogP contribution in [0.3, 0.4) is 0 Å². The van der Waals surface area contributed by atoms with Gasteiger partial charge in [-0.15, -0.1) is 0 Å². The van der Waals surface area contributed by atoms with Crippen molar-refractivity contribution in [3.63, 3.8) is 0 Å². The van der Waals surface area contributed by atoms with E-state index in [1.165, 1.54) is 0 Å². The minimum absolute atomic E-state index is 0.00479. The molecule has 0 spiro atoms. The lowest BCUT2D eigenvalue weighted by Gasteiger charge is -2.27. The van der Waals surface area contributed by atoms with Crippen LogP contribution < -0.4 is 11.1 Å². The third-order valence-electron chi connectivity index (χ3n) is 3.22. The maximum Gasteiger partial charge on any atom is 0.389 e. The Kier molecular flexibility index (Phi) is 5.22. The summed E-state index contributed by atoms with van der Waals surface area (Å²) in [5.74, 6) is 0. The number of ether oxygens (including phenoxy) is 1. The Morgan fingerprint density at radius 3 is 2.65 bits per heavy atom. The fourth-order valence-electron chi connectivity index (χ4n) is 1.86. The van der Waals surface area contributed by atoms with E-state index >= 15 is 0 Å². The molecule has 0 radical (unpaired) electrons. The fourth-order valence-corrected chi connectivity index (χ4v) is 1.86. The molecule has 0 aliphatic carbocycles. The Hall–Kier alpha value is -0.330. The molecule has 0 bridgehead atoms. The standard InChI is InChI=1S/C11H21F3N2O/c1-10(8-17-6-9(10)15)7-16-5-3-2-4-11(12,13)14/h9,16H,2-8,15H2,1H3. The molecule has 6 heteroatoms. The summed E-state index contributed by atoms with van der Waals surface area (Å²) in [4.78, 5) is 0. The summed E-state index contributed by atoms with van der Waals surface area (Å²) in [7, 11) is 0. The molecule has 3 N–H and O–H groups in total. The summed E-state index contributed by atoms with van der Waals surface area (Å²) < 4.78 is 40.9. The smallest absolute Gasteiger partial charge is 0.379 e. The second kappa shape index (κ2) is 6.02. The normalized spacial score (nSPS) is 29.8. The van der Waals surface area contributed by atoms with Crippen molar-refractivity contribution < 1.29 is 17.9 Å². The van der Waals surface area contributed by atoms with E-state index in [9.17, 15) is 13.2 Å². The number of hydrogen-bond donors (Lipinski definition) is 2. The lowest BCUT2D eigenvalue weighted by molar-refractivity contribution is -0.135. The van der Waals surface area contributed by atoms with Crippen molar-refractivity contribution in [2.45, 2.75) is 38.4 Å². The van der Waals surface area contributed by atoms with Gasteiger partial charge in [-0.05, 0) is 19.4 Å². The Balaban J connectivity index is 2.04. The van der Waals surface area contributed by atoms with Gasteiger partial charge in [0.05, 0.1) is 13.2 Å². The van der Waals surface area contributed by atoms with Crippen molar-refractivity contribution in [2.75, 3.05) is 26.3 Å². The van der Waals surface area contributed by atoms with Crippen molar-refractivity contribution in [1.82, 2.24) is 5.32 Å². The van der Waals surface area contributed by atoms with Crippen LogP contribution in [0.2, 0.25) is 0 Å². The highest BCUT2D eigenvalue weighted by Crippen LogP contribution is 2.26. The average molecular weight is 254 g/mol. The van der Waals surface area contributed by atoms with Crippen LogP contribution in [0.5, 0.6) is 0 Å². The van der Waals surface area contributed by atoms with E-state index in [4.69, 9.17) is 10.5 Å². The van der Waals surface area contributed by atoms with Gasteiger partial charge in [-0.25, -0.2) is 0 Å². The Morgan fingerprint density at radius 2 is 2.12 bits per heavy atom. The van der Waals surface area contributed by atoms with Gasteiger partial charge in [0.2, 0.25) is 0 Å². The molecule has 1 heterocycles. The van der Waals surface area contributed by atoms with E-state index in [1.807, 2.05) is 6.92 Å². The van der Waals surface area contributed by atoms with Gasteiger partial charge >= 0.3 is 6.18 Å².